The Hall–Kier alpha value is -0.460. The van der Waals surface area contributed by atoms with Crippen LogP contribution in [0, 0.1) is 0 Å². The van der Waals surface area contributed by atoms with Crippen LogP contribution in [0.2, 0.25) is 0 Å². The summed E-state index contributed by atoms with van der Waals surface area (Å²) in [5, 5.41) is 10.3. The van der Waals surface area contributed by atoms with E-state index in [1.807, 2.05) is 18.7 Å². The van der Waals surface area contributed by atoms with E-state index in [2.05, 4.69) is 9.89 Å². The first kappa shape index (κ1) is 13.0. The zero-order valence-corrected chi connectivity index (χ0v) is 11.1. The first-order chi connectivity index (χ1) is 8.12. The molecular weight excluding hydrogens is 238 g/mol. The molecule has 0 spiro atoms. The molecule has 17 heavy (non-hydrogen) atoms. The van der Waals surface area contributed by atoms with Crippen molar-refractivity contribution in [2.45, 2.75) is 25.0 Å². The Kier molecular flexibility index (Phi) is 4.17. The number of nitrogens with two attached hydrogens (primary N) is 1. The number of nitrogens with zero attached hydrogens (tertiary/aromatic N) is 2. The van der Waals surface area contributed by atoms with Gasteiger partial charge < -0.3 is 20.5 Å². The molecule has 0 radical (unpaired) electrons. The number of hydrogen-bond donors (Lipinski definition) is 2. The summed E-state index contributed by atoms with van der Waals surface area (Å²) in [6.07, 6.45) is 0.483. The van der Waals surface area contributed by atoms with Crippen molar-refractivity contribution in [2.24, 2.45) is 10.7 Å². The summed E-state index contributed by atoms with van der Waals surface area (Å²) in [5.41, 5.74) is 5.11. The minimum atomic E-state index is -0.838. The predicted octanol–water partition coefficient (Wildman–Crippen LogP) is -0.110. The lowest BCUT2D eigenvalue weighted by atomic mass is 9.97. The van der Waals surface area contributed by atoms with Crippen molar-refractivity contribution in [1.82, 2.24) is 4.90 Å². The topological polar surface area (TPSA) is 71.1 Å². The molecule has 2 aliphatic heterocycles. The third kappa shape index (κ3) is 3.05. The smallest absolute Gasteiger partial charge is 0.191 e. The lowest BCUT2D eigenvalue weighted by molar-refractivity contribution is -0.0202. The normalized spacial score (nSPS) is 35.3. The molecule has 2 aliphatic rings. The molecule has 2 rings (SSSR count). The molecule has 2 unspecified atom stereocenters. The Labute approximate surface area is 106 Å². The second kappa shape index (κ2) is 5.46. The molecule has 0 aromatic rings. The quantitative estimate of drug-likeness (QED) is 0.535. The maximum Gasteiger partial charge on any atom is 0.191 e. The Bertz CT molecular complexity index is 294. The van der Waals surface area contributed by atoms with Crippen molar-refractivity contribution in [3.8, 4) is 0 Å². The third-order valence-electron chi connectivity index (χ3n) is 3.51. The van der Waals surface area contributed by atoms with Gasteiger partial charge in [-0.3, -0.25) is 4.99 Å². The van der Waals surface area contributed by atoms with Gasteiger partial charge in [0, 0.05) is 37.6 Å². The van der Waals surface area contributed by atoms with Crippen LogP contribution in [0.15, 0.2) is 4.99 Å². The van der Waals surface area contributed by atoms with Crippen molar-refractivity contribution in [3.05, 3.63) is 0 Å². The van der Waals surface area contributed by atoms with Crippen molar-refractivity contribution in [2.75, 3.05) is 37.7 Å². The number of rotatable bonds is 2. The molecule has 2 atom stereocenters. The van der Waals surface area contributed by atoms with Crippen molar-refractivity contribution >= 4 is 17.7 Å². The van der Waals surface area contributed by atoms with Gasteiger partial charge in [0.2, 0.25) is 0 Å². The van der Waals surface area contributed by atoms with Crippen LogP contribution in [0.5, 0.6) is 0 Å². The van der Waals surface area contributed by atoms with Crippen LogP contribution < -0.4 is 5.73 Å². The molecule has 98 valence electrons. The molecule has 5 nitrogen and oxygen atoms in total. The highest BCUT2D eigenvalue weighted by atomic mass is 32.2. The fourth-order valence-electron chi connectivity index (χ4n) is 2.09. The third-order valence-corrected chi connectivity index (χ3v) is 4.45. The van der Waals surface area contributed by atoms with Crippen LogP contribution in [0.4, 0.5) is 0 Å². The number of hydrogen-bond acceptors (Lipinski definition) is 4. The van der Waals surface area contributed by atoms with Gasteiger partial charge in [-0.25, -0.2) is 0 Å². The number of ether oxygens (including phenoxy) is 1. The SMILES string of the molecule is CC1OCCC1(O)CN=C(N)N1CCSCC1. The average molecular weight is 259 g/mol. The van der Waals surface area contributed by atoms with E-state index in [9.17, 15) is 5.11 Å². The summed E-state index contributed by atoms with van der Waals surface area (Å²) in [6.45, 7) is 4.72. The first-order valence-corrected chi connectivity index (χ1v) is 7.24. The van der Waals surface area contributed by atoms with Crippen molar-refractivity contribution in [1.29, 1.82) is 0 Å². The zero-order valence-electron chi connectivity index (χ0n) is 10.3. The molecule has 0 aromatic carbocycles. The number of thioether (sulfide) groups is 1. The molecular formula is C11H21N3O2S. The standard InChI is InChI=1S/C11H21N3O2S/c1-9-11(15,2-5-16-9)8-13-10(12)14-3-6-17-7-4-14/h9,15H,2-8H2,1H3,(H2,12,13). The Morgan fingerprint density at radius 1 is 1.59 bits per heavy atom. The zero-order chi connectivity index (χ0) is 12.3. The lowest BCUT2D eigenvalue weighted by Gasteiger charge is -2.29. The van der Waals surface area contributed by atoms with Gasteiger partial charge in [-0.1, -0.05) is 0 Å². The van der Waals surface area contributed by atoms with Gasteiger partial charge in [0.25, 0.3) is 0 Å². The number of aliphatic imine (C=N–C) groups is 1. The van der Waals surface area contributed by atoms with Gasteiger partial charge in [0.1, 0.15) is 5.60 Å². The van der Waals surface area contributed by atoms with E-state index >= 15 is 0 Å². The second-order valence-electron chi connectivity index (χ2n) is 4.64. The predicted molar refractivity (Wildman–Crippen MR) is 70.4 cm³/mol. The van der Waals surface area contributed by atoms with Gasteiger partial charge in [0.05, 0.1) is 12.6 Å². The highest BCUT2D eigenvalue weighted by molar-refractivity contribution is 7.99. The molecule has 0 aliphatic carbocycles. The molecule has 2 fully saturated rings. The summed E-state index contributed by atoms with van der Waals surface area (Å²) < 4.78 is 5.37. The maximum atomic E-state index is 10.3. The van der Waals surface area contributed by atoms with E-state index in [1.165, 1.54) is 0 Å². The maximum absolute atomic E-state index is 10.3. The molecule has 6 heteroatoms. The van der Waals surface area contributed by atoms with Crippen molar-refractivity contribution in [3.63, 3.8) is 0 Å². The Morgan fingerprint density at radius 2 is 2.29 bits per heavy atom. The van der Waals surface area contributed by atoms with E-state index in [0.717, 1.165) is 24.6 Å². The van der Waals surface area contributed by atoms with Crippen LogP contribution in [-0.2, 0) is 4.74 Å². The molecule has 0 aromatic heterocycles. The summed E-state index contributed by atoms with van der Waals surface area (Å²) >= 11 is 1.94. The summed E-state index contributed by atoms with van der Waals surface area (Å²) in [5.74, 6) is 2.75. The van der Waals surface area contributed by atoms with E-state index in [-0.39, 0.29) is 6.10 Å². The van der Waals surface area contributed by atoms with E-state index in [1.54, 1.807) is 0 Å². The van der Waals surface area contributed by atoms with Gasteiger partial charge >= 0.3 is 0 Å². The second-order valence-corrected chi connectivity index (χ2v) is 5.87. The molecule has 0 bridgehead atoms. The fourth-order valence-corrected chi connectivity index (χ4v) is 2.99. The average Bonchev–Trinajstić information content (AvgIpc) is 2.68. The highest BCUT2D eigenvalue weighted by Crippen LogP contribution is 2.25. The molecule has 3 N–H and O–H groups in total. The van der Waals surface area contributed by atoms with E-state index < -0.39 is 5.60 Å². The van der Waals surface area contributed by atoms with Gasteiger partial charge in [0.15, 0.2) is 5.96 Å². The Morgan fingerprint density at radius 3 is 2.88 bits per heavy atom. The van der Waals surface area contributed by atoms with Gasteiger partial charge in [-0.15, -0.1) is 0 Å². The van der Waals surface area contributed by atoms with E-state index in [4.69, 9.17) is 10.5 Å². The monoisotopic (exact) mass is 259 g/mol. The van der Waals surface area contributed by atoms with Crippen LogP contribution in [0.25, 0.3) is 0 Å². The van der Waals surface area contributed by atoms with Crippen LogP contribution in [0.1, 0.15) is 13.3 Å². The summed E-state index contributed by atoms with van der Waals surface area (Å²) in [6, 6.07) is 0. The molecule has 0 amide bonds. The minimum Gasteiger partial charge on any atom is -0.385 e. The fraction of sp³-hybridized carbons (Fsp3) is 0.909. The van der Waals surface area contributed by atoms with Crippen LogP contribution in [0.3, 0.4) is 0 Å². The van der Waals surface area contributed by atoms with Crippen LogP contribution >= 0.6 is 11.8 Å². The summed E-state index contributed by atoms with van der Waals surface area (Å²) in [7, 11) is 0. The Balaban J connectivity index is 1.90. The van der Waals surface area contributed by atoms with E-state index in [0.29, 0.717) is 25.5 Å². The molecule has 2 saturated heterocycles. The summed E-state index contributed by atoms with van der Waals surface area (Å²) in [4.78, 5) is 6.42. The van der Waals surface area contributed by atoms with Crippen molar-refractivity contribution < 1.29 is 9.84 Å². The molecule has 2 heterocycles. The van der Waals surface area contributed by atoms with Gasteiger partial charge in [-0.05, 0) is 6.92 Å². The number of guanidine groups is 1. The first-order valence-electron chi connectivity index (χ1n) is 6.08. The lowest BCUT2D eigenvalue weighted by Crippen LogP contribution is -2.45. The van der Waals surface area contributed by atoms with Crippen LogP contribution in [-0.4, -0.2) is 65.4 Å². The molecule has 0 saturated carbocycles. The highest BCUT2D eigenvalue weighted by Gasteiger charge is 2.39. The van der Waals surface area contributed by atoms with Gasteiger partial charge in [-0.2, -0.15) is 11.8 Å². The largest absolute Gasteiger partial charge is 0.385 e. The minimum absolute atomic E-state index is 0.157. The number of aliphatic hydroxyl groups is 1.